The minimum Gasteiger partial charge on any atom is -0.340 e. The third-order valence-corrected chi connectivity index (χ3v) is 3.85. The minimum absolute atomic E-state index is 0.0339. The van der Waals surface area contributed by atoms with Crippen LogP contribution in [0.15, 0.2) is 12.4 Å². The van der Waals surface area contributed by atoms with E-state index in [9.17, 15) is 13.2 Å². The van der Waals surface area contributed by atoms with Crippen LogP contribution in [-0.4, -0.2) is 42.3 Å². The molecule has 104 valence electrons. The smallest absolute Gasteiger partial charge is 0.340 e. The summed E-state index contributed by atoms with van der Waals surface area (Å²) in [5, 5.41) is 3.16. The molecule has 2 fully saturated rings. The number of rotatable bonds is 2. The van der Waals surface area contributed by atoms with Gasteiger partial charge in [-0.2, -0.15) is 13.2 Å². The Hall–Kier alpha value is -1.37. The molecule has 4 nitrogen and oxygen atoms in total. The van der Waals surface area contributed by atoms with Crippen molar-refractivity contribution in [2.75, 3.05) is 31.1 Å². The standard InChI is InChI=1S/C12H15F3N4/c13-12(14,15)10-1-2-19(7-10)11-17-5-9(6-18-11)8-3-16-4-8/h5-6,8,10,16H,1-4,7H2/t10-/m1/s1. The zero-order valence-corrected chi connectivity index (χ0v) is 10.3. The molecule has 2 saturated heterocycles. The van der Waals surface area contributed by atoms with Crippen molar-refractivity contribution in [1.29, 1.82) is 0 Å². The zero-order valence-electron chi connectivity index (χ0n) is 10.3. The van der Waals surface area contributed by atoms with Gasteiger partial charge in [-0.25, -0.2) is 9.97 Å². The molecule has 3 rings (SSSR count). The highest BCUT2D eigenvalue weighted by molar-refractivity contribution is 5.33. The van der Waals surface area contributed by atoms with Gasteiger partial charge < -0.3 is 10.2 Å². The molecule has 0 bridgehead atoms. The fourth-order valence-corrected chi connectivity index (χ4v) is 2.44. The van der Waals surface area contributed by atoms with Gasteiger partial charge in [-0.15, -0.1) is 0 Å². The average Bonchev–Trinajstić information content (AvgIpc) is 2.76. The lowest BCUT2D eigenvalue weighted by molar-refractivity contribution is -0.168. The Morgan fingerprint density at radius 2 is 1.89 bits per heavy atom. The SMILES string of the molecule is FC(F)(F)[C@@H]1CCN(c2ncc(C3CNC3)cn2)C1. The van der Waals surface area contributed by atoms with E-state index in [1.54, 1.807) is 17.3 Å². The van der Waals surface area contributed by atoms with Crippen LogP contribution in [0.25, 0.3) is 0 Å². The highest BCUT2D eigenvalue weighted by Crippen LogP contribution is 2.34. The first kappa shape index (κ1) is 12.7. The molecule has 0 unspecified atom stereocenters. The predicted molar refractivity (Wildman–Crippen MR) is 64.0 cm³/mol. The maximum Gasteiger partial charge on any atom is 0.393 e. The molecule has 0 amide bonds. The Morgan fingerprint density at radius 1 is 1.21 bits per heavy atom. The van der Waals surface area contributed by atoms with Crippen LogP contribution in [0.3, 0.4) is 0 Å². The summed E-state index contributed by atoms with van der Waals surface area (Å²) in [5.74, 6) is -0.412. The number of nitrogens with zero attached hydrogens (tertiary/aromatic N) is 3. The van der Waals surface area contributed by atoms with E-state index < -0.39 is 12.1 Å². The van der Waals surface area contributed by atoms with Crippen LogP contribution in [-0.2, 0) is 0 Å². The second-order valence-corrected chi connectivity index (χ2v) is 5.14. The molecule has 1 aromatic heterocycles. The topological polar surface area (TPSA) is 41.1 Å². The van der Waals surface area contributed by atoms with Crippen LogP contribution in [0.1, 0.15) is 17.9 Å². The van der Waals surface area contributed by atoms with E-state index in [0.29, 0.717) is 18.4 Å². The molecular formula is C12H15F3N4. The molecule has 2 aliphatic heterocycles. The normalized spacial score (nSPS) is 24.6. The van der Waals surface area contributed by atoms with Gasteiger partial charge >= 0.3 is 6.18 Å². The molecule has 0 spiro atoms. The third-order valence-electron chi connectivity index (χ3n) is 3.85. The molecule has 3 heterocycles. The number of hydrogen-bond acceptors (Lipinski definition) is 4. The molecule has 7 heteroatoms. The largest absolute Gasteiger partial charge is 0.393 e. The average molecular weight is 272 g/mol. The van der Waals surface area contributed by atoms with Crippen molar-refractivity contribution in [3.63, 3.8) is 0 Å². The van der Waals surface area contributed by atoms with Crippen LogP contribution in [0.2, 0.25) is 0 Å². The van der Waals surface area contributed by atoms with Crippen molar-refractivity contribution < 1.29 is 13.2 Å². The van der Waals surface area contributed by atoms with Crippen LogP contribution < -0.4 is 10.2 Å². The van der Waals surface area contributed by atoms with Crippen molar-refractivity contribution in [2.24, 2.45) is 5.92 Å². The number of nitrogens with one attached hydrogen (secondary N) is 1. The molecule has 1 N–H and O–H groups in total. The molecule has 19 heavy (non-hydrogen) atoms. The summed E-state index contributed by atoms with van der Waals surface area (Å²) < 4.78 is 37.8. The first-order valence-electron chi connectivity index (χ1n) is 6.38. The third kappa shape index (κ3) is 2.51. The van der Waals surface area contributed by atoms with Gasteiger partial charge in [-0.1, -0.05) is 0 Å². The monoisotopic (exact) mass is 272 g/mol. The number of aromatic nitrogens is 2. The zero-order chi connectivity index (χ0) is 13.5. The summed E-state index contributed by atoms with van der Waals surface area (Å²) in [6.45, 7) is 2.17. The number of halogens is 3. The summed E-state index contributed by atoms with van der Waals surface area (Å²) in [6.07, 6.45) is -0.531. The molecular weight excluding hydrogens is 257 g/mol. The predicted octanol–water partition coefficient (Wildman–Crippen LogP) is 1.55. The van der Waals surface area contributed by atoms with Crippen LogP contribution >= 0.6 is 0 Å². The Kier molecular flexibility index (Phi) is 3.08. The maximum atomic E-state index is 12.6. The maximum absolute atomic E-state index is 12.6. The van der Waals surface area contributed by atoms with Gasteiger partial charge in [0.2, 0.25) is 5.95 Å². The summed E-state index contributed by atoms with van der Waals surface area (Å²) in [4.78, 5) is 10.0. The van der Waals surface area contributed by atoms with Crippen LogP contribution in [0, 0.1) is 5.92 Å². The summed E-state index contributed by atoms with van der Waals surface area (Å²) in [7, 11) is 0. The van der Waals surface area contributed by atoms with Gasteiger partial charge in [0.1, 0.15) is 0 Å². The first-order valence-corrected chi connectivity index (χ1v) is 6.38. The Morgan fingerprint density at radius 3 is 2.37 bits per heavy atom. The van der Waals surface area contributed by atoms with Gasteiger partial charge in [0.15, 0.2) is 0 Å². The lowest BCUT2D eigenvalue weighted by Crippen LogP contribution is -2.40. The van der Waals surface area contributed by atoms with Gasteiger partial charge in [0.05, 0.1) is 5.92 Å². The molecule has 2 aliphatic rings. The first-order chi connectivity index (χ1) is 9.04. The quantitative estimate of drug-likeness (QED) is 0.887. The summed E-state index contributed by atoms with van der Waals surface area (Å²) in [5.41, 5.74) is 1.05. The van der Waals surface area contributed by atoms with E-state index in [1.165, 1.54) is 0 Å². The van der Waals surface area contributed by atoms with E-state index in [-0.39, 0.29) is 13.0 Å². The summed E-state index contributed by atoms with van der Waals surface area (Å²) in [6, 6.07) is 0. The molecule has 1 atom stereocenters. The van der Waals surface area contributed by atoms with E-state index in [0.717, 1.165) is 18.7 Å². The Labute approximate surface area is 109 Å². The Balaban J connectivity index is 1.66. The number of hydrogen-bond donors (Lipinski definition) is 1. The molecule has 0 aromatic carbocycles. The lowest BCUT2D eigenvalue weighted by atomic mass is 9.97. The van der Waals surface area contributed by atoms with E-state index in [1.807, 2.05) is 0 Å². The molecule has 0 saturated carbocycles. The van der Waals surface area contributed by atoms with E-state index in [2.05, 4.69) is 15.3 Å². The van der Waals surface area contributed by atoms with Crippen molar-refractivity contribution in [2.45, 2.75) is 18.5 Å². The molecule has 0 radical (unpaired) electrons. The second-order valence-electron chi connectivity index (χ2n) is 5.14. The van der Waals surface area contributed by atoms with Crippen molar-refractivity contribution in [3.05, 3.63) is 18.0 Å². The van der Waals surface area contributed by atoms with Crippen molar-refractivity contribution in [1.82, 2.24) is 15.3 Å². The van der Waals surface area contributed by atoms with E-state index >= 15 is 0 Å². The van der Waals surface area contributed by atoms with Crippen LogP contribution in [0.5, 0.6) is 0 Å². The molecule has 1 aromatic rings. The van der Waals surface area contributed by atoms with Gasteiger partial charge in [-0.05, 0) is 12.0 Å². The number of anilines is 1. The molecule has 0 aliphatic carbocycles. The van der Waals surface area contributed by atoms with Gasteiger partial charge in [0.25, 0.3) is 0 Å². The fraction of sp³-hybridized carbons (Fsp3) is 0.667. The highest BCUT2D eigenvalue weighted by atomic mass is 19.4. The van der Waals surface area contributed by atoms with Gasteiger partial charge in [0, 0.05) is 44.5 Å². The van der Waals surface area contributed by atoms with E-state index in [4.69, 9.17) is 0 Å². The highest BCUT2D eigenvalue weighted by Gasteiger charge is 2.44. The second kappa shape index (κ2) is 4.63. The van der Waals surface area contributed by atoms with Gasteiger partial charge in [-0.3, -0.25) is 0 Å². The van der Waals surface area contributed by atoms with Crippen LogP contribution in [0.4, 0.5) is 19.1 Å². The number of alkyl halides is 3. The van der Waals surface area contributed by atoms with Crippen molar-refractivity contribution in [3.8, 4) is 0 Å². The fourth-order valence-electron chi connectivity index (χ4n) is 2.44. The van der Waals surface area contributed by atoms with Crippen molar-refractivity contribution >= 4 is 5.95 Å². The Bertz CT molecular complexity index is 441. The summed E-state index contributed by atoms with van der Waals surface area (Å²) >= 11 is 0. The lowest BCUT2D eigenvalue weighted by Gasteiger charge is -2.27. The minimum atomic E-state index is -4.12.